The third kappa shape index (κ3) is 2.64. The van der Waals surface area contributed by atoms with E-state index >= 15 is 0 Å². The zero-order valence-electron chi connectivity index (χ0n) is 11.8. The molecule has 1 N–H and O–H groups in total. The first kappa shape index (κ1) is 14.8. The van der Waals surface area contributed by atoms with Crippen molar-refractivity contribution in [1.29, 1.82) is 0 Å². The van der Waals surface area contributed by atoms with Crippen LogP contribution in [0.2, 0.25) is 5.02 Å². The SMILES string of the molecule is CCOC1CC(O)C12CCN(Cc1cc(Cl)cs1)CC2. The highest BCUT2D eigenvalue weighted by molar-refractivity contribution is 7.10. The van der Waals surface area contributed by atoms with Crippen molar-refractivity contribution in [3.05, 3.63) is 21.3 Å². The van der Waals surface area contributed by atoms with Gasteiger partial charge in [0.15, 0.2) is 0 Å². The molecule has 2 aliphatic rings. The number of aliphatic hydroxyl groups excluding tert-OH is 1. The van der Waals surface area contributed by atoms with Crippen molar-refractivity contribution in [2.45, 2.75) is 44.9 Å². The van der Waals surface area contributed by atoms with Gasteiger partial charge in [-0.2, -0.15) is 0 Å². The van der Waals surface area contributed by atoms with E-state index in [-0.39, 0.29) is 17.6 Å². The molecule has 20 heavy (non-hydrogen) atoms. The van der Waals surface area contributed by atoms with Crippen LogP contribution in [-0.4, -0.2) is 41.9 Å². The standard InChI is InChI=1S/C15H22ClNO2S/c1-2-19-14-8-13(18)15(14)3-5-17(6-4-15)9-12-7-11(16)10-20-12/h7,10,13-14,18H,2-6,8-9H2,1H3. The van der Waals surface area contributed by atoms with Crippen molar-refractivity contribution >= 4 is 22.9 Å². The van der Waals surface area contributed by atoms with Gasteiger partial charge in [0, 0.05) is 35.2 Å². The van der Waals surface area contributed by atoms with E-state index in [1.807, 2.05) is 12.3 Å². The van der Waals surface area contributed by atoms with E-state index in [1.165, 1.54) is 4.88 Å². The second-order valence-electron chi connectivity index (χ2n) is 5.94. The first-order valence-electron chi connectivity index (χ1n) is 7.39. The second-order valence-corrected chi connectivity index (χ2v) is 7.37. The number of aliphatic hydroxyl groups is 1. The van der Waals surface area contributed by atoms with E-state index in [0.29, 0.717) is 0 Å². The monoisotopic (exact) mass is 315 g/mol. The average molecular weight is 316 g/mol. The Hall–Kier alpha value is -0.130. The van der Waals surface area contributed by atoms with Crippen molar-refractivity contribution < 1.29 is 9.84 Å². The minimum absolute atomic E-state index is 0.0274. The van der Waals surface area contributed by atoms with Crippen LogP contribution in [0, 0.1) is 5.41 Å². The van der Waals surface area contributed by atoms with Crippen LogP contribution in [0.1, 0.15) is 31.1 Å². The van der Waals surface area contributed by atoms with Gasteiger partial charge in [-0.15, -0.1) is 11.3 Å². The fourth-order valence-corrected chi connectivity index (χ4v) is 4.72. The lowest BCUT2D eigenvalue weighted by Crippen LogP contribution is -2.62. The topological polar surface area (TPSA) is 32.7 Å². The molecular formula is C15H22ClNO2S. The zero-order chi connectivity index (χ0) is 14.2. The normalized spacial score (nSPS) is 29.6. The first-order valence-corrected chi connectivity index (χ1v) is 8.65. The summed E-state index contributed by atoms with van der Waals surface area (Å²) < 4.78 is 5.80. The zero-order valence-corrected chi connectivity index (χ0v) is 13.4. The van der Waals surface area contributed by atoms with E-state index in [1.54, 1.807) is 11.3 Å². The maximum absolute atomic E-state index is 10.2. The van der Waals surface area contributed by atoms with Crippen molar-refractivity contribution in [3.8, 4) is 0 Å². The number of piperidine rings is 1. The van der Waals surface area contributed by atoms with E-state index < -0.39 is 0 Å². The predicted molar refractivity (Wildman–Crippen MR) is 82.3 cm³/mol. The Morgan fingerprint density at radius 2 is 2.25 bits per heavy atom. The predicted octanol–water partition coefficient (Wildman–Crippen LogP) is 3.15. The molecule has 112 valence electrons. The number of rotatable bonds is 4. The molecule has 3 nitrogen and oxygen atoms in total. The summed E-state index contributed by atoms with van der Waals surface area (Å²) in [5.41, 5.74) is 0.0274. The lowest BCUT2D eigenvalue weighted by Gasteiger charge is -2.56. The highest BCUT2D eigenvalue weighted by Crippen LogP contribution is 2.51. The third-order valence-corrected chi connectivity index (χ3v) is 6.17. The van der Waals surface area contributed by atoms with Gasteiger partial charge in [-0.05, 0) is 38.9 Å². The van der Waals surface area contributed by atoms with Gasteiger partial charge in [-0.25, -0.2) is 0 Å². The van der Waals surface area contributed by atoms with E-state index in [9.17, 15) is 5.11 Å². The summed E-state index contributed by atoms with van der Waals surface area (Å²) in [4.78, 5) is 3.78. The highest BCUT2D eigenvalue weighted by Gasteiger charge is 2.55. The van der Waals surface area contributed by atoms with Crippen LogP contribution in [-0.2, 0) is 11.3 Å². The molecule has 0 aromatic carbocycles. The number of halogens is 1. The Balaban J connectivity index is 1.56. The molecule has 2 fully saturated rings. The van der Waals surface area contributed by atoms with E-state index in [4.69, 9.17) is 16.3 Å². The molecule has 2 unspecified atom stereocenters. The molecule has 0 bridgehead atoms. The summed E-state index contributed by atoms with van der Waals surface area (Å²) in [7, 11) is 0. The van der Waals surface area contributed by atoms with Crippen LogP contribution >= 0.6 is 22.9 Å². The smallest absolute Gasteiger partial charge is 0.0681 e. The molecule has 0 amide bonds. The van der Waals surface area contributed by atoms with Crippen molar-refractivity contribution in [1.82, 2.24) is 4.90 Å². The van der Waals surface area contributed by atoms with Crippen LogP contribution in [0.15, 0.2) is 11.4 Å². The number of ether oxygens (including phenoxy) is 1. The molecule has 5 heteroatoms. The highest BCUT2D eigenvalue weighted by atomic mass is 35.5. The third-order valence-electron chi connectivity index (χ3n) is 4.90. The quantitative estimate of drug-likeness (QED) is 0.926. The largest absolute Gasteiger partial charge is 0.392 e. The molecule has 1 saturated heterocycles. The molecule has 1 aliphatic carbocycles. The Kier molecular flexibility index (Phi) is 4.39. The summed E-state index contributed by atoms with van der Waals surface area (Å²) in [6.07, 6.45) is 2.99. The summed E-state index contributed by atoms with van der Waals surface area (Å²) in [5.74, 6) is 0. The van der Waals surface area contributed by atoms with Crippen LogP contribution < -0.4 is 0 Å². The second kappa shape index (κ2) is 5.93. The van der Waals surface area contributed by atoms with Crippen LogP contribution in [0.3, 0.4) is 0 Å². The Labute approximate surface area is 129 Å². The van der Waals surface area contributed by atoms with Crippen LogP contribution in [0.4, 0.5) is 0 Å². The minimum atomic E-state index is -0.169. The minimum Gasteiger partial charge on any atom is -0.392 e. The molecule has 1 aromatic rings. The van der Waals surface area contributed by atoms with Gasteiger partial charge >= 0.3 is 0 Å². The molecular weight excluding hydrogens is 294 g/mol. The van der Waals surface area contributed by atoms with Crippen LogP contribution in [0.25, 0.3) is 0 Å². The molecule has 1 aliphatic heterocycles. The average Bonchev–Trinajstić information content (AvgIpc) is 2.85. The number of thiophene rings is 1. The van der Waals surface area contributed by atoms with Gasteiger partial charge in [0.2, 0.25) is 0 Å². The molecule has 2 atom stereocenters. The fourth-order valence-electron chi connectivity index (χ4n) is 3.60. The van der Waals surface area contributed by atoms with Gasteiger partial charge in [-0.3, -0.25) is 4.90 Å². The first-order chi connectivity index (χ1) is 9.64. The van der Waals surface area contributed by atoms with E-state index in [2.05, 4.69) is 11.0 Å². The van der Waals surface area contributed by atoms with Gasteiger partial charge in [0.1, 0.15) is 0 Å². The van der Waals surface area contributed by atoms with Crippen molar-refractivity contribution in [2.75, 3.05) is 19.7 Å². The summed E-state index contributed by atoms with van der Waals surface area (Å²) in [5, 5.41) is 13.0. The van der Waals surface area contributed by atoms with Crippen molar-refractivity contribution in [2.24, 2.45) is 5.41 Å². The van der Waals surface area contributed by atoms with Gasteiger partial charge < -0.3 is 9.84 Å². The molecule has 1 saturated carbocycles. The number of nitrogens with zero attached hydrogens (tertiary/aromatic N) is 1. The summed E-state index contributed by atoms with van der Waals surface area (Å²) in [6, 6.07) is 2.05. The maximum atomic E-state index is 10.2. The molecule has 1 spiro atoms. The fraction of sp³-hybridized carbons (Fsp3) is 0.733. The van der Waals surface area contributed by atoms with Crippen molar-refractivity contribution in [3.63, 3.8) is 0 Å². The Morgan fingerprint density at radius 3 is 2.80 bits per heavy atom. The lowest BCUT2D eigenvalue weighted by molar-refractivity contribution is -0.209. The number of likely N-dealkylation sites (tertiary alicyclic amines) is 1. The maximum Gasteiger partial charge on any atom is 0.0681 e. The molecule has 3 rings (SSSR count). The van der Waals surface area contributed by atoms with Gasteiger partial charge in [0.25, 0.3) is 0 Å². The molecule has 1 aromatic heterocycles. The molecule has 2 heterocycles. The Morgan fingerprint density at radius 1 is 1.50 bits per heavy atom. The van der Waals surface area contributed by atoms with Crippen LogP contribution in [0.5, 0.6) is 0 Å². The molecule has 0 radical (unpaired) electrons. The van der Waals surface area contributed by atoms with Gasteiger partial charge in [0.05, 0.1) is 17.2 Å². The number of hydrogen-bond donors (Lipinski definition) is 1. The summed E-state index contributed by atoms with van der Waals surface area (Å²) >= 11 is 7.69. The van der Waals surface area contributed by atoms with E-state index in [0.717, 1.165) is 50.5 Å². The van der Waals surface area contributed by atoms with Gasteiger partial charge in [-0.1, -0.05) is 11.6 Å². The summed E-state index contributed by atoms with van der Waals surface area (Å²) in [6.45, 7) is 5.83. The lowest BCUT2D eigenvalue weighted by atomic mass is 9.58. The number of hydrogen-bond acceptors (Lipinski definition) is 4. The Bertz CT molecular complexity index is 454.